The molecule has 0 saturated carbocycles. The van der Waals surface area contributed by atoms with Crippen molar-refractivity contribution in [1.29, 1.82) is 0 Å². The van der Waals surface area contributed by atoms with E-state index in [1.165, 1.54) is 14.1 Å². The molecule has 11 heavy (non-hydrogen) atoms. The summed E-state index contributed by atoms with van der Waals surface area (Å²) in [6.45, 7) is 0. The van der Waals surface area contributed by atoms with Crippen molar-refractivity contribution in [1.82, 2.24) is 18.5 Å². The van der Waals surface area contributed by atoms with E-state index in [4.69, 9.17) is 0 Å². The van der Waals surface area contributed by atoms with Gasteiger partial charge in [0.2, 0.25) is 0 Å². The van der Waals surface area contributed by atoms with Crippen LogP contribution in [0.2, 0.25) is 0 Å². The number of hydrogen-bond donors (Lipinski definition) is 0. The highest BCUT2D eigenvalue weighted by Gasteiger charge is 2.14. The van der Waals surface area contributed by atoms with Crippen molar-refractivity contribution in [3.63, 3.8) is 0 Å². The fourth-order valence-corrected chi connectivity index (χ4v) is 1.20. The zero-order valence-electron chi connectivity index (χ0n) is 6.17. The molecule has 0 atom stereocenters. The summed E-state index contributed by atoms with van der Waals surface area (Å²) in [5, 5.41) is 6.76. The molecule has 0 N–H and O–H groups in total. The van der Waals surface area contributed by atoms with Crippen molar-refractivity contribution in [2.45, 2.75) is 0 Å². The Morgan fingerprint density at radius 2 is 1.73 bits per heavy atom. The van der Waals surface area contributed by atoms with Crippen LogP contribution in [0, 0.1) is 0 Å². The molecule has 0 aliphatic rings. The van der Waals surface area contributed by atoms with Gasteiger partial charge in [0.05, 0.1) is 0 Å². The van der Waals surface area contributed by atoms with Crippen LogP contribution in [0.5, 0.6) is 0 Å². The Morgan fingerprint density at radius 3 is 2.09 bits per heavy atom. The second kappa shape index (κ2) is 2.59. The van der Waals surface area contributed by atoms with Gasteiger partial charge in [-0.25, -0.2) is 3.97 Å². The standard InChI is InChI=1S/C4H8N4O2S/c1-7(2)11(9,10)8-3-5-6-4-8/h3-4H,1-2H3. The molecule has 0 amide bonds. The molecular formula is C4H8N4O2S. The second-order valence-corrected chi connectivity index (χ2v) is 4.13. The quantitative estimate of drug-likeness (QED) is 0.575. The van der Waals surface area contributed by atoms with Crippen molar-refractivity contribution >= 4 is 10.2 Å². The van der Waals surface area contributed by atoms with Crippen LogP contribution in [-0.2, 0) is 10.2 Å². The van der Waals surface area contributed by atoms with Crippen molar-refractivity contribution in [3.05, 3.63) is 12.7 Å². The van der Waals surface area contributed by atoms with Crippen LogP contribution in [0.15, 0.2) is 12.7 Å². The van der Waals surface area contributed by atoms with Gasteiger partial charge in [0, 0.05) is 14.1 Å². The fourth-order valence-electron chi connectivity index (χ4n) is 0.499. The zero-order valence-corrected chi connectivity index (χ0v) is 6.98. The predicted octanol–water partition coefficient (Wildman–Crippen LogP) is -1.07. The molecule has 0 bridgehead atoms. The Bertz CT molecular complexity index is 314. The smallest absolute Gasteiger partial charge is 0.201 e. The van der Waals surface area contributed by atoms with Crippen LogP contribution in [0.3, 0.4) is 0 Å². The number of aromatic nitrogens is 3. The maximum atomic E-state index is 11.2. The summed E-state index contributed by atoms with van der Waals surface area (Å²) in [6.07, 6.45) is 2.27. The summed E-state index contributed by atoms with van der Waals surface area (Å²) in [6, 6.07) is 0. The molecule has 0 unspecified atom stereocenters. The Morgan fingerprint density at radius 1 is 1.27 bits per heavy atom. The van der Waals surface area contributed by atoms with Crippen LogP contribution < -0.4 is 0 Å². The van der Waals surface area contributed by atoms with Crippen LogP contribution in [0.25, 0.3) is 0 Å². The Kier molecular flexibility index (Phi) is 1.92. The Balaban J connectivity index is 3.12. The lowest BCUT2D eigenvalue weighted by atomic mass is 11.3. The summed E-state index contributed by atoms with van der Waals surface area (Å²) >= 11 is 0. The third-order valence-electron chi connectivity index (χ3n) is 1.13. The van der Waals surface area contributed by atoms with Crippen molar-refractivity contribution in [2.24, 2.45) is 0 Å². The van der Waals surface area contributed by atoms with E-state index in [9.17, 15) is 8.42 Å². The highest BCUT2D eigenvalue weighted by Crippen LogP contribution is 1.96. The Labute approximate surface area is 64.6 Å². The average molecular weight is 176 g/mol. The first-order valence-electron chi connectivity index (χ1n) is 2.83. The summed E-state index contributed by atoms with van der Waals surface area (Å²) in [5.41, 5.74) is 0. The van der Waals surface area contributed by atoms with E-state index in [0.29, 0.717) is 0 Å². The van der Waals surface area contributed by atoms with Crippen molar-refractivity contribution in [3.8, 4) is 0 Å². The van der Waals surface area contributed by atoms with Crippen molar-refractivity contribution in [2.75, 3.05) is 14.1 Å². The minimum absolute atomic E-state index is 0.938. The zero-order chi connectivity index (χ0) is 8.48. The molecule has 62 valence electrons. The van der Waals surface area contributed by atoms with Crippen molar-refractivity contribution < 1.29 is 8.42 Å². The molecule has 0 aliphatic heterocycles. The summed E-state index contributed by atoms with van der Waals surface area (Å²) < 4.78 is 24.4. The van der Waals surface area contributed by atoms with E-state index in [2.05, 4.69) is 10.2 Å². The molecule has 0 saturated heterocycles. The Hall–Kier alpha value is -0.950. The van der Waals surface area contributed by atoms with Gasteiger partial charge in [-0.3, -0.25) is 0 Å². The molecule has 7 heteroatoms. The predicted molar refractivity (Wildman–Crippen MR) is 38.0 cm³/mol. The maximum Gasteiger partial charge on any atom is 0.309 e. The molecule has 1 aromatic heterocycles. The normalized spacial score (nSPS) is 12.3. The largest absolute Gasteiger partial charge is 0.309 e. The third-order valence-corrected chi connectivity index (χ3v) is 2.77. The highest BCUT2D eigenvalue weighted by atomic mass is 32.2. The maximum absolute atomic E-state index is 11.2. The molecule has 0 radical (unpaired) electrons. The minimum atomic E-state index is -3.41. The molecule has 0 spiro atoms. The van der Waals surface area contributed by atoms with Crippen LogP contribution in [-0.4, -0.2) is 41.0 Å². The monoisotopic (exact) mass is 176 g/mol. The second-order valence-electron chi connectivity index (χ2n) is 2.08. The molecule has 1 aromatic rings. The minimum Gasteiger partial charge on any atom is -0.201 e. The molecule has 0 aromatic carbocycles. The fraction of sp³-hybridized carbons (Fsp3) is 0.500. The third kappa shape index (κ3) is 1.38. The number of hydrogen-bond acceptors (Lipinski definition) is 4. The van der Waals surface area contributed by atoms with Gasteiger partial charge in [0.15, 0.2) is 0 Å². The van der Waals surface area contributed by atoms with E-state index < -0.39 is 10.2 Å². The first-order chi connectivity index (χ1) is 5.05. The molecule has 1 heterocycles. The van der Waals surface area contributed by atoms with Crippen LogP contribution >= 0.6 is 0 Å². The highest BCUT2D eigenvalue weighted by molar-refractivity contribution is 7.87. The lowest BCUT2D eigenvalue weighted by molar-refractivity contribution is 0.510. The van der Waals surface area contributed by atoms with E-state index in [-0.39, 0.29) is 0 Å². The molecule has 0 aliphatic carbocycles. The van der Waals surface area contributed by atoms with Gasteiger partial charge < -0.3 is 0 Å². The SMILES string of the molecule is CN(C)S(=O)(=O)n1cnnc1. The topological polar surface area (TPSA) is 68.1 Å². The summed E-state index contributed by atoms with van der Waals surface area (Å²) in [7, 11) is -0.529. The molecular weight excluding hydrogens is 168 g/mol. The van der Waals surface area contributed by atoms with E-state index in [1.54, 1.807) is 0 Å². The number of nitrogens with zero attached hydrogens (tertiary/aromatic N) is 4. The average Bonchev–Trinajstić information content (AvgIpc) is 2.37. The molecule has 6 nitrogen and oxygen atoms in total. The van der Waals surface area contributed by atoms with Crippen LogP contribution in [0.4, 0.5) is 0 Å². The van der Waals surface area contributed by atoms with Gasteiger partial charge in [0.1, 0.15) is 12.7 Å². The van der Waals surface area contributed by atoms with Gasteiger partial charge in [-0.05, 0) is 0 Å². The number of rotatable bonds is 2. The van der Waals surface area contributed by atoms with Crippen LogP contribution in [0.1, 0.15) is 0 Å². The van der Waals surface area contributed by atoms with Gasteiger partial charge >= 0.3 is 10.2 Å². The van der Waals surface area contributed by atoms with Gasteiger partial charge in [-0.2, -0.15) is 12.7 Å². The lowest BCUT2D eigenvalue weighted by Gasteiger charge is -2.09. The first kappa shape index (κ1) is 8.15. The van der Waals surface area contributed by atoms with E-state index in [0.717, 1.165) is 20.9 Å². The lowest BCUT2D eigenvalue weighted by Crippen LogP contribution is -2.27. The first-order valence-corrected chi connectivity index (χ1v) is 4.22. The summed E-state index contributed by atoms with van der Waals surface area (Å²) in [4.78, 5) is 0. The van der Waals surface area contributed by atoms with E-state index in [1.807, 2.05) is 0 Å². The molecule has 1 rings (SSSR count). The van der Waals surface area contributed by atoms with E-state index >= 15 is 0 Å². The molecule has 0 fully saturated rings. The van der Waals surface area contributed by atoms with Gasteiger partial charge in [-0.15, -0.1) is 10.2 Å². The van der Waals surface area contributed by atoms with Gasteiger partial charge in [-0.1, -0.05) is 0 Å². The summed E-state index contributed by atoms with van der Waals surface area (Å²) in [5.74, 6) is 0. The van der Waals surface area contributed by atoms with Gasteiger partial charge in [0.25, 0.3) is 0 Å².